The number of hydrogen-bond acceptors (Lipinski definition) is 5. The van der Waals surface area contributed by atoms with Crippen molar-refractivity contribution in [3.8, 4) is 0 Å². The normalized spacial score (nSPS) is 14.8. The summed E-state index contributed by atoms with van der Waals surface area (Å²) >= 11 is 1.42. The number of carbonyl (C=O) groups is 3. The third-order valence-corrected chi connectivity index (χ3v) is 5.73. The largest absolute Gasteiger partial charge is 0.457 e. The summed E-state index contributed by atoms with van der Waals surface area (Å²) in [5, 5.41) is 1.88. The van der Waals surface area contributed by atoms with Crippen molar-refractivity contribution in [2.75, 3.05) is 19.7 Å². The fourth-order valence-corrected chi connectivity index (χ4v) is 4.02. The molecule has 6 heteroatoms. The zero-order valence-corrected chi connectivity index (χ0v) is 16.4. The molecule has 2 heterocycles. The molecule has 0 atom stereocenters. The maximum absolute atomic E-state index is 12.3. The van der Waals surface area contributed by atoms with Crippen LogP contribution in [0, 0.1) is 19.8 Å². The fraction of sp³-hybridized carbons (Fsp3) is 0.381. The van der Waals surface area contributed by atoms with Gasteiger partial charge in [0.15, 0.2) is 6.61 Å². The first-order chi connectivity index (χ1) is 13.0. The number of nitrogens with zero attached hydrogens (tertiary/aromatic N) is 1. The molecule has 1 amide bonds. The number of piperidine rings is 1. The van der Waals surface area contributed by atoms with Crippen LogP contribution in [0.1, 0.15) is 44.0 Å². The molecular formula is C21H23NO4S. The van der Waals surface area contributed by atoms with Gasteiger partial charge in [-0.25, -0.2) is 0 Å². The smallest absolute Gasteiger partial charge is 0.309 e. The van der Waals surface area contributed by atoms with Gasteiger partial charge >= 0.3 is 5.97 Å². The van der Waals surface area contributed by atoms with Crippen LogP contribution in [-0.4, -0.2) is 42.3 Å². The molecule has 0 N–H and O–H groups in total. The van der Waals surface area contributed by atoms with E-state index in [-0.39, 0.29) is 30.2 Å². The fourth-order valence-electron chi connectivity index (χ4n) is 3.33. The van der Waals surface area contributed by atoms with Crippen molar-refractivity contribution in [3.63, 3.8) is 0 Å². The Hall–Kier alpha value is -2.47. The number of Topliss-reactive ketones (excluding diaryl/α,β-unsaturated/α-hetero) is 1. The number of likely N-dealkylation sites (tertiary alicyclic amines) is 1. The predicted octanol–water partition coefficient (Wildman–Crippen LogP) is 3.64. The van der Waals surface area contributed by atoms with Crippen molar-refractivity contribution in [1.29, 1.82) is 0 Å². The highest BCUT2D eigenvalue weighted by Gasteiger charge is 2.29. The SMILES string of the molecule is Cc1ccc(C(=O)COC(=O)C2CCN(C(=O)c3cccs3)CC2)c(C)c1. The minimum absolute atomic E-state index is 0.0156. The Labute approximate surface area is 162 Å². The Morgan fingerprint density at radius 1 is 1.15 bits per heavy atom. The van der Waals surface area contributed by atoms with E-state index in [0.717, 1.165) is 16.0 Å². The lowest BCUT2D eigenvalue weighted by atomic mass is 9.97. The van der Waals surface area contributed by atoms with Gasteiger partial charge in [-0.2, -0.15) is 0 Å². The molecule has 3 rings (SSSR count). The van der Waals surface area contributed by atoms with Gasteiger partial charge in [0.25, 0.3) is 5.91 Å². The molecule has 5 nitrogen and oxygen atoms in total. The number of benzene rings is 1. The van der Waals surface area contributed by atoms with Crippen molar-refractivity contribution in [1.82, 2.24) is 4.90 Å². The maximum atomic E-state index is 12.3. The zero-order chi connectivity index (χ0) is 19.4. The highest BCUT2D eigenvalue weighted by Crippen LogP contribution is 2.22. The second-order valence-electron chi connectivity index (χ2n) is 6.89. The molecule has 1 fully saturated rings. The van der Waals surface area contributed by atoms with E-state index in [1.165, 1.54) is 11.3 Å². The summed E-state index contributed by atoms with van der Waals surface area (Å²) < 4.78 is 5.26. The molecular weight excluding hydrogens is 362 g/mol. The van der Waals surface area contributed by atoms with Gasteiger partial charge in [-0.3, -0.25) is 14.4 Å². The number of ketones is 1. The van der Waals surface area contributed by atoms with Gasteiger partial charge in [0.05, 0.1) is 10.8 Å². The zero-order valence-electron chi connectivity index (χ0n) is 15.6. The van der Waals surface area contributed by atoms with Crippen molar-refractivity contribution >= 4 is 29.0 Å². The molecule has 2 aromatic rings. The van der Waals surface area contributed by atoms with Crippen molar-refractivity contribution in [2.24, 2.45) is 5.92 Å². The molecule has 27 heavy (non-hydrogen) atoms. The van der Waals surface area contributed by atoms with Crippen LogP contribution in [0.3, 0.4) is 0 Å². The average molecular weight is 385 g/mol. The molecule has 1 aromatic heterocycles. The lowest BCUT2D eigenvalue weighted by molar-refractivity contribution is -0.148. The van der Waals surface area contributed by atoms with Crippen LogP contribution < -0.4 is 0 Å². The second kappa shape index (κ2) is 8.48. The van der Waals surface area contributed by atoms with E-state index >= 15 is 0 Å². The van der Waals surface area contributed by atoms with Crippen LogP contribution >= 0.6 is 11.3 Å². The Bertz CT molecular complexity index is 836. The highest BCUT2D eigenvalue weighted by molar-refractivity contribution is 7.12. The van der Waals surface area contributed by atoms with Gasteiger partial charge in [-0.15, -0.1) is 11.3 Å². The number of esters is 1. The molecule has 1 saturated heterocycles. The summed E-state index contributed by atoms with van der Waals surface area (Å²) in [6.45, 7) is 4.67. The third kappa shape index (κ3) is 4.63. The van der Waals surface area contributed by atoms with Crippen molar-refractivity contribution in [2.45, 2.75) is 26.7 Å². The van der Waals surface area contributed by atoms with Crippen LogP contribution in [0.15, 0.2) is 35.7 Å². The van der Waals surface area contributed by atoms with Crippen molar-refractivity contribution in [3.05, 3.63) is 57.3 Å². The summed E-state index contributed by atoms with van der Waals surface area (Å²) in [5.74, 6) is -0.784. The van der Waals surface area contributed by atoms with E-state index in [2.05, 4.69) is 0 Å². The third-order valence-electron chi connectivity index (χ3n) is 4.88. The topological polar surface area (TPSA) is 63.7 Å². The predicted molar refractivity (Wildman–Crippen MR) is 104 cm³/mol. The second-order valence-corrected chi connectivity index (χ2v) is 7.84. The standard InChI is InChI=1S/C21H23NO4S/c1-14-5-6-17(15(2)12-14)18(23)13-26-21(25)16-7-9-22(10-8-16)20(24)19-4-3-11-27-19/h3-6,11-12,16H,7-10,13H2,1-2H3. The monoisotopic (exact) mass is 385 g/mol. The van der Waals surface area contributed by atoms with E-state index in [0.29, 0.717) is 31.5 Å². The molecule has 0 radical (unpaired) electrons. The lowest BCUT2D eigenvalue weighted by Crippen LogP contribution is -2.40. The molecule has 1 aliphatic rings. The van der Waals surface area contributed by atoms with E-state index < -0.39 is 0 Å². The number of rotatable bonds is 5. The van der Waals surface area contributed by atoms with Crippen LogP contribution in [0.4, 0.5) is 0 Å². The summed E-state index contributed by atoms with van der Waals surface area (Å²) in [4.78, 5) is 39.4. The van der Waals surface area contributed by atoms with Gasteiger partial charge in [0, 0.05) is 18.7 Å². The lowest BCUT2D eigenvalue weighted by Gasteiger charge is -2.30. The first-order valence-electron chi connectivity index (χ1n) is 9.05. The van der Waals surface area contributed by atoms with Gasteiger partial charge < -0.3 is 9.64 Å². The van der Waals surface area contributed by atoms with E-state index in [1.807, 2.05) is 43.5 Å². The minimum atomic E-state index is -0.351. The first kappa shape index (κ1) is 19.3. The molecule has 1 aliphatic heterocycles. The first-order valence-corrected chi connectivity index (χ1v) is 9.93. The Morgan fingerprint density at radius 3 is 2.52 bits per heavy atom. The Balaban J connectivity index is 1.48. The maximum Gasteiger partial charge on any atom is 0.309 e. The van der Waals surface area contributed by atoms with Crippen LogP contribution in [0.5, 0.6) is 0 Å². The van der Waals surface area contributed by atoms with Gasteiger partial charge in [0.1, 0.15) is 0 Å². The number of ether oxygens (including phenoxy) is 1. The Morgan fingerprint density at radius 2 is 1.89 bits per heavy atom. The molecule has 0 unspecified atom stereocenters. The quantitative estimate of drug-likeness (QED) is 0.582. The number of amides is 1. The number of aryl methyl sites for hydroxylation is 2. The summed E-state index contributed by atoms with van der Waals surface area (Å²) in [6, 6.07) is 9.26. The van der Waals surface area contributed by atoms with Gasteiger partial charge in [-0.1, -0.05) is 29.8 Å². The number of hydrogen-bond donors (Lipinski definition) is 0. The average Bonchev–Trinajstić information content (AvgIpc) is 3.20. The van der Waals surface area contributed by atoms with Crippen molar-refractivity contribution < 1.29 is 19.1 Å². The minimum Gasteiger partial charge on any atom is -0.457 e. The van der Waals surface area contributed by atoms with Gasteiger partial charge in [0.2, 0.25) is 5.78 Å². The van der Waals surface area contributed by atoms with Gasteiger partial charge in [-0.05, 0) is 43.7 Å². The highest BCUT2D eigenvalue weighted by atomic mass is 32.1. The number of carbonyl (C=O) groups excluding carboxylic acids is 3. The number of thiophene rings is 1. The molecule has 0 spiro atoms. The molecule has 0 aliphatic carbocycles. The van der Waals surface area contributed by atoms with E-state index in [4.69, 9.17) is 4.74 Å². The van der Waals surface area contributed by atoms with E-state index in [1.54, 1.807) is 11.0 Å². The van der Waals surface area contributed by atoms with Crippen LogP contribution in [0.25, 0.3) is 0 Å². The molecule has 0 saturated carbocycles. The molecule has 142 valence electrons. The Kier molecular flexibility index (Phi) is 6.06. The molecule has 1 aromatic carbocycles. The van der Waals surface area contributed by atoms with Crippen LogP contribution in [-0.2, 0) is 9.53 Å². The summed E-state index contributed by atoms with van der Waals surface area (Å²) in [6.07, 6.45) is 1.13. The summed E-state index contributed by atoms with van der Waals surface area (Å²) in [5.41, 5.74) is 2.56. The molecule has 0 bridgehead atoms. The van der Waals surface area contributed by atoms with Crippen LogP contribution in [0.2, 0.25) is 0 Å². The summed E-state index contributed by atoms with van der Waals surface area (Å²) in [7, 11) is 0. The van der Waals surface area contributed by atoms with E-state index in [9.17, 15) is 14.4 Å².